The highest BCUT2D eigenvalue weighted by Gasteiger charge is 2.14. The van der Waals surface area contributed by atoms with Gasteiger partial charge in [-0.3, -0.25) is 9.48 Å². The fourth-order valence-corrected chi connectivity index (χ4v) is 2.70. The van der Waals surface area contributed by atoms with Crippen molar-refractivity contribution in [3.63, 3.8) is 0 Å². The summed E-state index contributed by atoms with van der Waals surface area (Å²) in [6.45, 7) is 5.04. The number of hydrogen-bond donors (Lipinski definition) is 2. The molecule has 6 heteroatoms. The van der Waals surface area contributed by atoms with Gasteiger partial charge in [-0.05, 0) is 26.7 Å². The van der Waals surface area contributed by atoms with Crippen LogP contribution in [-0.4, -0.2) is 34.9 Å². The second kappa shape index (κ2) is 7.45. The molecule has 1 fully saturated rings. The Labute approximate surface area is 126 Å². The Morgan fingerprint density at radius 3 is 2.71 bits per heavy atom. The summed E-state index contributed by atoms with van der Waals surface area (Å²) in [5.74, 6) is -0.0622. The third-order valence-electron chi connectivity index (χ3n) is 4.06. The average Bonchev–Trinajstić information content (AvgIpc) is 2.72. The molecule has 1 aromatic heterocycles. The lowest BCUT2D eigenvalue weighted by Crippen LogP contribution is -2.32. The molecule has 0 atom stereocenters. The van der Waals surface area contributed by atoms with Gasteiger partial charge in [0.1, 0.15) is 6.54 Å². The fourth-order valence-electron chi connectivity index (χ4n) is 2.70. The molecule has 3 N–H and O–H groups in total. The summed E-state index contributed by atoms with van der Waals surface area (Å²) in [6.07, 6.45) is 6.53. The molecule has 1 aliphatic carbocycles. The van der Waals surface area contributed by atoms with Crippen molar-refractivity contribution < 1.29 is 9.53 Å². The minimum absolute atomic E-state index is 0.0622. The van der Waals surface area contributed by atoms with Gasteiger partial charge < -0.3 is 15.8 Å². The first-order valence-electron chi connectivity index (χ1n) is 7.75. The van der Waals surface area contributed by atoms with Crippen molar-refractivity contribution in [3.8, 4) is 0 Å². The predicted octanol–water partition coefficient (Wildman–Crippen LogP) is 1.55. The summed E-state index contributed by atoms with van der Waals surface area (Å²) in [5, 5.41) is 7.11. The van der Waals surface area contributed by atoms with Crippen molar-refractivity contribution in [2.45, 2.75) is 58.6 Å². The van der Waals surface area contributed by atoms with Crippen molar-refractivity contribution >= 4 is 11.6 Å². The maximum Gasteiger partial charge on any atom is 0.241 e. The molecule has 0 bridgehead atoms. The van der Waals surface area contributed by atoms with E-state index < -0.39 is 0 Å². The zero-order valence-corrected chi connectivity index (χ0v) is 13.0. The molecule has 1 heterocycles. The number of ether oxygens (including phenoxy) is 1. The zero-order chi connectivity index (χ0) is 15.2. The van der Waals surface area contributed by atoms with E-state index in [1.165, 1.54) is 19.3 Å². The van der Waals surface area contributed by atoms with E-state index >= 15 is 0 Å². The van der Waals surface area contributed by atoms with E-state index in [0.717, 1.165) is 24.2 Å². The van der Waals surface area contributed by atoms with Gasteiger partial charge in [0, 0.05) is 6.54 Å². The van der Waals surface area contributed by atoms with Gasteiger partial charge in [-0.1, -0.05) is 19.3 Å². The van der Waals surface area contributed by atoms with Gasteiger partial charge in [-0.25, -0.2) is 0 Å². The number of rotatable bonds is 6. The Bertz CT molecular complexity index is 478. The van der Waals surface area contributed by atoms with Crippen LogP contribution in [0.3, 0.4) is 0 Å². The summed E-state index contributed by atoms with van der Waals surface area (Å²) >= 11 is 0. The summed E-state index contributed by atoms with van der Waals surface area (Å²) in [7, 11) is 0. The largest absolute Gasteiger partial charge is 0.396 e. The van der Waals surface area contributed by atoms with E-state index in [9.17, 15) is 4.79 Å². The molecular weight excluding hydrogens is 268 g/mol. The lowest BCUT2D eigenvalue weighted by molar-refractivity contribution is -0.122. The van der Waals surface area contributed by atoms with Crippen molar-refractivity contribution in [1.29, 1.82) is 0 Å². The fraction of sp³-hybridized carbons (Fsp3) is 0.733. The molecule has 2 rings (SSSR count). The van der Waals surface area contributed by atoms with Crippen LogP contribution in [0.25, 0.3) is 0 Å². The van der Waals surface area contributed by atoms with Gasteiger partial charge in [0.2, 0.25) is 5.91 Å². The van der Waals surface area contributed by atoms with Gasteiger partial charge in [-0.15, -0.1) is 0 Å². The maximum atomic E-state index is 11.9. The van der Waals surface area contributed by atoms with Crippen LogP contribution in [-0.2, 0) is 16.1 Å². The molecule has 21 heavy (non-hydrogen) atoms. The van der Waals surface area contributed by atoms with Crippen LogP contribution in [0.1, 0.15) is 43.5 Å². The number of nitrogens with one attached hydrogen (secondary N) is 1. The van der Waals surface area contributed by atoms with Crippen LogP contribution in [0.2, 0.25) is 0 Å². The molecule has 0 spiro atoms. The number of carbonyl (C=O) groups is 1. The van der Waals surface area contributed by atoms with Crippen LogP contribution in [0, 0.1) is 13.8 Å². The van der Waals surface area contributed by atoms with Gasteiger partial charge in [-0.2, -0.15) is 5.10 Å². The third-order valence-corrected chi connectivity index (χ3v) is 4.06. The predicted molar refractivity (Wildman–Crippen MR) is 81.9 cm³/mol. The number of nitrogens with zero attached hydrogens (tertiary/aromatic N) is 2. The van der Waals surface area contributed by atoms with E-state index in [1.807, 2.05) is 13.8 Å². The van der Waals surface area contributed by atoms with Crippen molar-refractivity contribution in [2.75, 3.05) is 18.9 Å². The van der Waals surface area contributed by atoms with Gasteiger partial charge in [0.05, 0.1) is 29.8 Å². The zero-order valence-electron chi connectivity index (χ0n) is 13.0. The first-order valence-corrected chi connectivity index (χ1v) is 7.75. The second-order valence-corrected chi connectivity index (χ2v) is 5.72. The highest BCUT2D eigenvalue weighted by molar-refractivity contribution is 5.75. The van der Waals surface area contributed by atoms with E-state index in [1.54, 1.807) is 4.68 Å². The summed E-state index contributed by atoms with van der Waals surface area (Å²) in [5.41, 5.74) is 8.10. The summed E-state index contributed by atoms with van der Waals surface area (Å²) in [4.78, 5) is 11.9. The normalized spacial score (nSPS) is 16.1. The number of aryl methyl sites for hydroxylation is 1. The Kier molecular flexibility index (Phi) is 5.61. The Morgan fingerprint density at radius 2 is 2.10 bits per heavy atom. The topological polar surface area (TPSA) is 82.2 Å². The summed E-state index contributed by atoms with van der Waals surface area (Å²) < 4.78 is 7.41. The molecule has 0 aromatic carbocycles. The van der Waals surface area contributed by atoms with Gasteiger partial charge in [0.15, 0.2) is 0 Å². The smallest absolute Gasteiger partial charge is 0.241 e. The molecule has 6 nitrogen and oxygen atoms in total. The molecule has 1 amide bonds. The SMILES string of the molecule is Cc1nn(CC(=O)NCCOC2CCCCC2)c(C)c1N. The number of hydrogen-bond acceptors (Lipinski definition) is 4. The number of amides is 1. The molecule has 0 radical (unpaired) electrons. The molecule has 1 aliphatic rings. The monoisotopic (exact) mass is 294 g/mol. The van der Waals surface area contributed by atoms with Crippen LogP contribution < -0.4 is 11.1 Å². The lowest BCUT2D eigenvalue weighted by atomic mass is 9.98. The van der Waals surface area contributed by atoms with Crippen molar-refractivity contribution in [1.82, 2.24) is 15.1 Å². The molecule has 0 aliphatic heterocycles. The molecule has 0 unspecified atom stereocenters. The number of aromatic nitrogens is 2. The first kappa shape index (κ1) is 15.8. The highest BCUT2D eigenvalue weighted by atomic mass is 16.5. The third kappa shape index (κ3) is 4.46. The second-order valence-electron chi connectivity index (χ2n) is 5.72. The minimum atomic E-state index is -0.0622. The highest BCUT2D eigenvalue weighted by Crippen LogP contribution is 2.19. The quantitative estimate of drug-likeness (QED) is 0.780. The molecule has 1 saturated carbocycles. The number of anilines is 1. The Morgan fingerprint density at radius 1 is 1.38 bits per heavy atom. The van der Waals surface area contributed by atoms with Crippen molar-refractivity contribution in [3.05, 3.63) is 11.4 Å². The average molecular weight is 294 g/mol. The summed E-state index contributed by atoms with van der Waals surface area (Å²) in [6, 6.07) is 0. The van der Waals surface area contributed by atoms with Crippen molar-refractivity contribution in [2.24, 2.45) is 0 Å². The molecule has 0 saturated heterocycles. The standard InChI is InChI=1S/C15H26N4O2/c1-11-15(16)12(2)19(18-11)10-14(20)17-8-9-21-13-6-4-3-5-7-13/h13H,3-10,16H2,1-2H3,(H,17,20). The number of nitrogen functional groups attached to an aromatic ring is 1. The molecule has 1 aromatic rings. The van der Waals surface area contributed by atoms with E-state index in [2.05, 4.69) is 10.4 Å². The van der Waals surface area contributed by atoms with Crippen LogP contribution in [0.15, 0.2) is 0 Å². The van der Waals surface area contributed by atoms with Gasteiger partial charge in [0.25, 0.3) is 0 Å². The number of nitrogens with two attached hydrogens (primary N) is 1. The molecule has 118 valence electrons. The minimum Gasteiger partial charge on any atom is -0.396 e. The Hall–Kier alpha value is -1.56. The van der Waals surface area contributed by atoms with Crippen LogP contribution in [0.4, 0.5) is 5.69 Å². The lowest BCUT2D eigenvalue weighted by Gasteiger charge is -2.22. The van der Waals surface area contributed by atoms with E-state index in [4.69, 9.17) is 10.5 Å². The van der Waals surface area contributed by atoms with Gasteiger partial charge >= 0.3 is 0 Å². The maximum absolute atomic E-state index is 11.9. The van der Waals surface area contributed by atoms with E-state index in [-0.39, 0.29) is 12.5 Å². The number of carbonyl (C=O) groups excluding carboxylic acids is 1. The first-order chi connectivity index (χ1) is 10.1. The molecular formula is C15H26N4O2. The Balaban J connectivity index is 1.66. The van der Waals surface area contributed by atoms with Crippen LogP contribution >= 0.6 is 0 Å². The van der Waals surface area contributed by atoms with E-state index in [0.29, 0.717) is 24.9 Å². The van der Waals surface area contributed by atoms with Crippen LogP contribution in [0.5, 0.6) is 0 Å².